The Balaban J connectivity index is 1.48. The Hall–Kier alpha value is -1.54. The molecule has 0 aromatic carbocycles. The summed E-state index contributed by atoms with van der Waals surface area (Å²) in [7, 11) is 1.44. The minimum Gasteiger partial charge on any atom is -0.453 e. The number of guanidine groups is 1. The highest BCUT2D eigenvalue weighted by Crippen LogP contribution is 2.16. The van der Waals surface area contributed by atoms with Crippen LogP contribution in [-0.4, -0.2) is 105 Å². The topological polar surface area (TPSA) is 72.4 Å². The summed E-state index contributed by atoms with van der Waals surface area (Å²) in [4.78, 5) is 23.3. The zero-order chi connectivity index (χ0) is 17.6. The number of hydrogen-bond donors (Lipinski definition) is 2. The zero-order valence-corrected chi connectivity index (χ0v) is 15.5. The van der Waals surface area contributed by atoms with E-state index in [1.165, 1.54) is 33.3 Å². The van der Waals surface area contributed by atoms with Gasteiger partial charge in [0, 0.05) is 64.4 Å². The maximum absolute atomic E-state index is 11.6. The molecular formula is C17H32N6O2. The second kappa shape index (κ2) is 8.71. The molecule has 4 heterocycles. The Morgan fingerprint density at radius 1 is 1.16 bits per heavy atom. The van der Waals surface area contributed by atoms with Crippen LogP contribution in [0.5, 0.6) is 0 Å². The molecule has 0 aliphatic carbocycles. The van der Waals surface area contributed by atoms with E-state index < -0.39 is 0 Å². The summed E-state index contributed by atoms with van der Waals surface area (Å²) in [6.45, 7) is 11.2. The minimum absolute atomic E-state index is 0.226. The van der Waals surface area contributed by atoms with Crippen LogP contribution in [0.2, 0.25) is 0 Å². The van der Waals surface area contributed by atoms with Crippen molar-refractivity contribution < 1.29 is 9.53 Å². The summed E-state index contributed by atoms with van der Waals surface area (Å²) >= 11 is 0. The van der Waals surface area contributed by atoms with Crippen molar-refractivity contribution in [1.82, 2.24) is 25.3 Å². The van der Waals surface area contributed by atoms with Gasteiger partial charge in [0.05, 0.1) is 13.7 Å². The maximum atomic E-state index is 11.6. The predicted molar refractivity (Wildman–Crippen MR) is 97.9 cm³/mol. The van der Waals surface area contributed by atoms with Crippen molar-refractivity contribution in [3.8, 4) is 0 Å². The van der Waals surface area contributed by atoms with Crippen LogP contribution >= 0.6 is 0 Å². The standard InChI is InChI=1S/C17H32N6O2/c1-3-18-16(19-12-15-13-21-8-10-22(15)11-9-21)20-14-4-6-23(7-5-14)17(24)25-2/h14-15H,3-13H2,1-2H3,(H2,18,19,20). The fourth-order valence-electron chi connectivity index (χ4n) is 3.94. The van der Waals surface area contributed by atoms with Crippen LogP contribution in [0.1, 0.15) is 19.8 Å². The molecule has 0 aromatic rings. The lowest BCUT2D eigenvalue weighted by Gasteiger charge is -2.47. The molecule has 4 rings (SSSR count). The smallest absolute Gasteiger partial charge is 0.409 e. The van der Waals surface area contributed by atoms with E-state index in [0.29, 0.717) is 12.1 Å². The lowest BCUT2D eigenvalue weighted by molar-refractivity contribution is 0.0174. The molecule has 142 valence electrons. The van der Waals surface area contributed by atoms with E-state index in [9.17, 15) is 4.79 Å². The second-order valence-corrected chi connectivity index (χ2v) is 7.09. The lowest BCUT2D eigenvalue weighted by atomic mass is 10.1. The van der Waals surface area contributed by atoms with Crippen LogP contribution in [-0.2, 0) is 4.74 Å². The van der Waals surface area contributed by atoms with Gasteiger partial charge in [-0.3, -0.25) is 14.8 Å². The van der Waals surface area contributed by atoms with Crippen molar-refractivity contribution in [2.45, 2.75) is 31.8 Å². The molecule has 8 nitrogen and oxygen atoms in total. The normalized spacial score (nSPS) is 30.2. The number of piperazine rings is 3. The van der Waals surface area contributed by atoms with Crippen molar-refractivity contribution in [1.29, 1.82) is 0 Å². The van der Waals surface area contributed by atoms with Crippen molar-refractivity contribution in [2.75, 3.05) is 66.0 Å². The Kier molecular flexibility index (Phi) is 6.36. The van der Waals surface area contributed by atoms with Crippen molar-refractivity contribution in [3.05, 3.63) is 0 Å². The molecule has 4 aliphatic heterocycles. The van der Waals surface area contributed by atoms with Crippen LogP contribution in [0.3, 0.4) is 0 Å². The number of likely N-dealkylation sites (tertiary alicyclic amines) is 1. The molecule has 1 amide bonds. The van der Waals surface area contributed by atoms with E-state index in [4.69, 9.17) is 9.73 Å². The van der Waals surface area contributed by atoms with Gasteiger partial charge in [-0.25, -0.2) is 4.79 Å². The van der Waals surface area contributed by atoms with Gasteiger partial charge in [0.25, 0.3) is 0 Å². The molecule has 0 spiro atoms. The summed E-state index contributed by atoms with van der Waals surface area (Å²) in [5, 5.41) is 6.91. The van der Waals surface area contributed by atoms with Crippen LogP contribution < -0.4 is 10.6 Å². The molecule has 0 aromatic heterocycles. The molecule has 4 aliphatic rings. The average molecular weight is 352 g/mol. The number of hydrogen-bond acceptors (Lipinski definition) is 5. The number of fused-ring (bicyclic) bond motifs is 3. The van der Waals surface area contributed by atoms with Crippen molar-refractivity contribution >= 4 is 12.1 Å². The summed E-state index contributed by atoms with van der Waals surface area (Å²) in [5.41, 5.74) is 0. The number of nitrogens with one attached hydrogen (secondary N) is 2. The molecule has 4 fully saturated rings. The molecule has 4 saturated heterocycles. The Morgan fingerprint density at radius 2 is 1.88 bits per heavy atom. The Morgan fingerprint density at radius 3 is 2.44 bits per heavy atom. The number of nitrogens with zero attached hydrogens (tertiary/aromatic N) is 4. The third-order valence-electron chi connectivity index (χ3n) is 5.47. The van der Waals surface area contributed by atoms with E-state index in [1.54, 1.807) is 4.90 Å². The first-order valence-corrected chi connectivity index (χ1v) is 9.53. The largest absolute Gasteiger partial charge is 0.453 e. The van der Waals surface area contributed by atoms with Crippen LogP contribution in [0.25, 0.3) is 0 Å². The van der Waals surface area contributed by atoms with E-state index in [2.05, 4.69) is 27.4 Å². The Labute approximate surface area is 150 Å². The van der Waals surface area contributed by atoms with Crippen LogP contribution in [0.4, 0.5) is 4.79 Å². The van der Waals surface area contributed by atoms with Crippen LogP contribution in [0.15, 0.2) is 4.99 Å². The van der Waals surface area contributed by atoms with Gasteiger partial charge < -0.3 is 20.3 Å². The highest BCUT2D eigenvalue weighted by atomic mass is 16.5. The number of carbonyl (C=O) groups is 1. The first-order chi connectivity index (χ1) is 12.2. The first kappa shape index (κ1) is 18.3. The quantitative estimate of drug-likeness (QED) is 0.538. The maximum Gasteiger partial charge on any atom is 0.409 e. The van der Waals surface area contributed by atoms with Gasteiger partial charge in [-0.15, -0.1) is 0 Å². The number of amides is 1. The van der Waals surface area contributed by atoms with E-state index in [0.717, 1.165) is 51.5 Å². The second-order valence-electron chi connectivity index (χ2n) is 7.09. The van der Waals surface area contributed by atoms with Gasteiger partial charge in [-0.2, -0.15) is 0 Å². The fraction of sp³-hybridized carbons (Fsp3) is 0.882. The highest BCUT2D eigenvalue weighted by molar-refractivity contribution is 5.80. The highest BCUT2D eigenvalue weighted by Gasteiger charge is 2.31. The first-order valence-electron chi connectivity index (χ1n) is 9.53. The molecule has 8 heteroatoms. The van der Waals surface area contributed by atoms with Gasteiger partial charge in [0.2, 0.25) is 0 Å². The number of rotatable bonds is 4. The Bertz CT molecular complexity index is 470. The third-order valence-corrected chi connectivity index (χ3v) is 5.47. The van der Waals surface area contributed by atoms with Gasteiger partial charge in [-0.1, -0.05) is 0 Å². The molecule has 1 unspecified atom stereocenters. The molecule has 25 heavy (non-hydrogen) atoms. The van der Waals surface area contributed by atoms with Gasteiger partial charge in [0.1, 0.15) is 0 Å². The van der Waals surface area contributed by atoms with Crippen molar-refractivity contribution in [3.63, 3.8) is 0 Å². The molecule has 2 N–H and O–H groups in total. The van der Waals surface area contributed by atoms with Gasteiger partial charge in [-0.05, 0) is 19.8 Å². The lowest BCUT2D eigenvalue weighted by Crippen LogP contribution is -2.62. The molecular weight excluding hydrogens is 320 g/mol. The number of methoxy groups -OCH3 is 1. The van der Waals surface area contributed by atoms with E-state index in [-0.39, 0.29) is 6.09 Å². The molecule has 0 radical (unpaired) electrons. The minimum atomic E-state index is -0.226. The third kappa shape index (κ3) is 4.76. The predicted octanol–water partition coefficient (Wildman–Crippen LogP) is -0.228. The average Bonchev–Trinajstić information content (AvgIpc) is 2.67. The number of piperidine rings is 1. The van der Waals surface area contributed by atoms with Gasteiger partial charge >= 0.3 is 6.09 Å². The summed E-state index contributed by atoms with van der Waals surface area (Å²) in [6.07, 6.45) is 1.61. The summed E-state index contributed by atoms with van der Waals surface area (Å²) in [6, 6.07) is 0.893. The monoisotopic (exact) mass is 352 g/mol. The zero-order valence-electron chi connectivity index (χ0n) is 15.5. The molecule has 1 atom stereocenters. The summed E-state index contributed by atoms with van der Waals surface area (Å²) in [5.74, 6) is 0.900. The van der Waals surface area contributed by atoms with Crippen molar-refractivity contribution in [2.24, 2.45) is 4.99 Å². The molecule has 0 saturated carbocycles. The van der Waals surface area contributed by atoms with E-state index in [1.807, 2.05) is 0 Å². The fourth-order valence-corrected chi connectivity index (χ4v) is 3.94. The van der Waals surface area contributed by atoms with E-state index >= 15 is 0 Å². The SMILES string of the molecule is CCNC(=NCC1CN2CCN1CC2)NC1CCN(C(=O)OC)CC1. The summed E-state index contributed by atoms with van der Waals surface area (Å²) < 4.78 is 4.80. The number of carbonyl (C=O) groups excluding carboxylic acids is 1. The molecule has 2 bridgehead atoms. The van der Waals surface area contributed by atoms with Crippen LogP contribution in [0, 0.1) is 0 Å². The van der Waals surface area contributed by atoms with Gasteiger partial charge in [0.15, 0.2) is 5.96 Å². The number of ether oxygens (including phenoxy) is 1. The number of aliphatic imine (C=N–C) groups is 1.